The summed E-state index contributed by atoms with van der Waals surface area (Å²) in [7, 11) is 6.86. The number of methoxy groups -OCH3 is 5. The normalized spacial score (nSPS) is 19.1. The van der Waals surface area contributed by atoms with E-state index >= 15 is 0 Å². The van der Waals surface area contributed by atoms with Gasteiger partial charge in [-0.3, -0.25) is 19.2 Å². The molecule has 16 heteroatoms. The van der Waals surface area contributed by atoms with Gasteiger partial charge in [0, 0.05) is 44.1 Å². The van der Waals surface area contributed by atoms with E-state index in [1.54, 1.807) is 12.1 Å². The second-order valence-corrected chi connectivity index (χ2v) is 13.2. The molecule has 6 rings (SSSR count). The monoisotopic (exact) mass is 730 g/mol. The zero-order chi connectivity index (χ0) is 34.2. The van der Waals surface area contributed by atoms with Crippen molar-refractivity contribution in [3.8, 4) is 23.0 Å². The molecule has 4 atom stereocenters. The largest absolute Gasteiger partial charge is 1.00 e. The average molecular weight is 731 g/mol. The number of Topliss-reactive ketones (excluding diaryl/α,β-unsaturated/α-hetero) is 2. The number of benzene rings is 2. The molecule has 0 bridgehead atoms. The number of carbonyl (C=O) groups excluding carboxylic acids is 3. The summed E-state index contributed by atoms with van der Waals surface area (Å²) in [6.45, 7) is 0. The molecule has 0 unspecified atom stereocenters. The Morgan fingerprint density at radius 1 is 0.653 bits per heavy atom. The number of rotatable bonds is 10. The molecule has 2 N–H and O–H groups in total. The number of hydrogen-bond acceptors (Lipinski definition) is 12. The standard InChI is InChI=1S/C17H17FO5S.C16H15FO5S.Na.H2O/c1-21-11-7-12-10(14(18)16(11)22-2)6-13(24-12)15(19)8-4-5-9(8)17(20)23-3;1-21-10-6-11-9(13(17)15(10)22-2)5-12(23-11)14(18)7-3-4-8(7)16(19)20;;/h6-9H,4-5H2,1-3H3;5-8H,3-4H2,1-2H3,(H,19,20);;1H2/q;;+1;/p-1/t8-,9+;7-,8-;;/m11../s1. The van der Waals surface area contributed by atoms with Crippen molar-refractivity contribution >= 4 is 66.4 Å². The fourth-order valence-electron chi connectivity index (χ4n) is 5.85. The van der Waals surface area contributed by atoms with Crippen LogP contribution >= 0.6 is 22.7 Å². The van der Waals surface area contributed by atoms with Gasteiger partial charge in [-0.25, -0.2) is 8.78 Å². The minimum atomic E-state index is -0.953. The van der Waals surface area contributed by atoms with Crippen molar-refractivity contribution < 1.29 is 91.8 Å². The fourth-order valence-corrected chi connectivity index (χ4v) is 8.03. The summed E-state index contributed by atoms with van der Waals surface area (Å²) in [5.41, 5.74) is 0. The number of aliphatic carboxylic acids is 1. The van der Waals surface area contributed by atoms with Crippen LogP contribution in [0.2, 0.25) is 0 Å². The van der Waals surface area contributed by atoms with E-state index in [0.717, 1.165) is 11.3 Å². The minimum absolute atomic E-state index is 0. The molecule has 0 aliphatic heterocycles. The summed E-state index contributed by atoms with van der Waals surface area (Å²) in [5.74, 6) is -4.25. The first-order chi connectivity index (χ1) is 22.5. The van der Waals surface area contributed by atoms with Crippen molar-refractivity contribution in [3.05, 3.63) is 45.7 Å². The van der Waals surface area contributed by atoms with E-state index in [4.69, 9.17) is 28.8 Å². The van der Waals surface area contributed by atoms with E-state index in [1.165, 1.54) is 59.0 Å². The number of thiophene rings is 2. The van der Waals surface area contributed by atoms with E-state index in [2.05, 4.69) is 0 Å². The molecule has 2 aliphatic carbocycles. The van der Waals surface area contributed by atoms with Gasteiger partial charge in [-0.1, -0.05) is 0 Å². The van der Waals surface area contributed by atoms with E-state index in [0.29, 0.717) is 50.2 Å². The number of esters is 1. The molecule has 0 saturated heterocycles. The number of fused-ring (bicyclic) bond motifs is 2. The molecule has 258 valence electrons. The summed E-state index contributed by atoms with van der Waals surface area (Å²) in [5, 5.41) is 9.67. The van der Waals surface area contributed by atoms with Crippen LogP contribution in [0.15, 0.2) is 24.3 Å². The van der Waals surface area contributed by atoms with Gasteiger partial charge in [-0.15, -0.1) is 22.7 Å². The van der Waals surface area contributed by atoms with E-state index in [-0.39, 0.29) is 81.0 Å². The fraction of sp³-hybridized carbons (Fsp3) is 0.394. The number of ether oxygens (including phenoxy) is 5. The van der Waals surface area contributed by atoms with Crippen LogP contribution in [-0.4, -0.2) is 69.6 Å². The second kappa shape index (κ2) is 16.6. The van der Waals surface area contributed by atoms with Gasteiger partial charge in [0.25, 0.3) is 0 Å². The summed E-state index contributed by atoms with van der Waals surface area (Å²) < 4.78 is 55.2. The predicted octanol–water partition coefficient (Wildman–Crippen LogP) is 3.62. The Morgan fingerprint density at radius 2 is 1.04 bits per heavy atom. The van der Waals surface area contributed by atoms with Crippen molar-refractivity contribution in [1.82, 2.24) is 0 Å². The quantitative estimate of drug-likeness (QED) is 0.144. The maximum absolute atomic E-state index is 14.6. The smallest absolute Gasteiger partial charge is 0.870 e. The number of ketones is 2. The summed E-state index contributed by atoms with van der Waals surface area (Å²) in [4.78, 5) is 48.7. The van der Waals surface area contributed by atoms with Gasteiger partial charge in [0.2, 0.25) is 0 Å². The first-order valence-electron chi connectivity index (χ1n) is 14.6. The first-order valence-corrected chi connectivity index (χ1v) is 16.2. The maximum atomic E-state index is 14.6. The Morgan fingerprint density at radius 3 is 1.35 bits per heavy atom. The van der Waals surface area contributed by atoms with Gasteiger partial charge in [0.15, 0.2) is 46.2 Å². The summed E-state index contributed by atoms with van der Waals surface area (Å²) >= 11 is 2.33. The number of halogens is 2. The molecular formula is C33H33F2NaO11S2. The number of carbonyl (C=O) groups is 4. The molecule has 0 radical (unpaired) electrons. The molecule has 0 spiro atoms. The van der Waals surface area contributed by atoms with Crippen molar-refractivity contribution in [2.75, 3.05) is 35.5 Å². The van der Waals surface area contributed by atoms with Gasteiger partial charge in [0.1, 0.15) is 0 Å². The van der Waals surface area contributed by atoms with Crippen molar-refractivity contribution in [2.45, 2.75) is 25.7 Å². The third-order valence-corrected chi connectivity index (χ3v) is 10.9. The molecule has 2 saturated carbocycles. The SMILES string of the molecule is COC(=O)[C@H]1CC[C@H]1C(=O)c1cc2c(F)c(OC)c(OC)cc2s1.COc1cc2sc(C(=O)[C@@H]3CC[C@H]3C(=O)O)cc2c(F)c1OC.[Na+].[OH-]. The molecule has 0 amide bonds. The molecule has 4 aromatic rings. The van der Waals surface area contributed by atoms with Crippen LogP contribution in [0.25, 0.3) is 20.2 Å². The molecule has 49 heavy (non-hydrogen) atoms. The molecule has 2 aliphatic rings. The molecule has 2 aromatic carbocycles. The molecule has 2 aromatic heterocycles. The van der Waals surface area contributed by atoms with Crippen LogP contribution in [0.3, 0.4) is 0 Å². The summed E-state index contributed by atoms with van der Waals surface area (Å²) in [6.07, 6.45) is 2.35. The number of hydrogen-bond donors (Lipinski definition) is 1. The Hall–Kier alpha value is -3.34. The van der Waals surface area contributed by atoms with Crippen molar-refractivity contribution in [3.63, 3.8) is 0 Å². The van der Waals surface area contributed by atoms with Gasteiger partial charge in [-0.2, -0.15) is 0 Å². The molecular weight excluding hydrogens is 697 g/mol. The molecule has 2 fully saturated rings. The van der Waals surface area contributed by atoms with Crippen LogP contribution in [-0.2, 0) is 14.3 Å². The van der Waals surface area contributed by atoms with Crippen LogP contribution < -0.4 is 48.5 Å². The number of carboxylic acids is 1. The Kier molecular flexibility index (Phi) is 13.6. The van der Waals surface area contributed by atoms with Crippen LogP contribution in [0.1, 0.15) is 45.0 Å². The zero-order valence-electron chi connectivity index (χ0n) is 27.6. The molecule has 11 nitrogen and oxygen atoms in total. The average Bonchev–Trinajstić information content (AvgIpc) is 3.65. The summed E-state index contributed by atoms with van der Waals surface area (Å²) in [6, 6.07) is 6.26. The van der Waals surface area contributed by atoms with Crippen LogP contribution in [0.5, 0.6) is 23.0 Å². The Balaban J connectivity index is 0.000000255. The minimum Gasteiger partial charge on any atom is -0.870 e. The topological polar surface area (TPSA) is 165 Å². The van der Waals surface area contributed by atoms with E-state index < -0.39 is 41.3 Å². The van der Waals surface area contributed by atoms with E-state index in [1.807, 2.05) is 0 Å². The van der Waals surface area contributed by atoms with Gasteiger partial charge in [0.05, 0.1) is 57.1 Å². The Labute approximate surface area is 310 Å². The predicted molar refractivity (Wildman–Crippen MR) is 172 cm³/mol. The molecule has 2 heterocycles. The number of carboxylic acid groups (broad SMARTS) is 1. The van der Waals surface area contributed by atoms with Gasteiger partial charge in [-0.05, 0) is 37.8 Å². The van der Waals surface area contributed by atoms with Crippen LogP contribution in [0, 0.1) is 35.3 Å². The zero-order valence-corrected chi connectivity index (χ0v) is 31.2. The third-order valence-electron chi connectivity index (χ3n) is 8.74. The van der Waals surface area contributed by atoms with Gasteiger partial charge >= 0.3 is 41.5 Å². The maximum Gasteiger partial charge on any atom is 1.00 e. The van der Waals surface area contributed by atoms with E-state index in [9.17, 15) is 28.0 Å². The van der Waals surface area contributed by atoms with Crippen molar-refractivity contribution in [1.29, 1.82) is 0 Å². The van der Waals surface area contributed by atoms with Gasteiger partial charge < -0.3 is 34.3 Å². The first kappa shape index (κ1) is 40.1. The second-order valence-electron chi connectivity index (χ2n) is 11.1. The Bertz CT molecular complexity index is 1890. The van der Waals surface area contributed by atoms with Crippen molar-refractivity contribution in [2.24, 2.45) is 23.7 Å². The third kappa shape index (κ3) is 7.42. The van der Waals surface area contributed by atoms with Crippen LogP contribution in [0.4, 0.5) is 8.78 Å².